The van der Waals surface area contributed by atoms with Crippen LogP contribution in [0.5, 0.6) is 5.75 Å². The molecule has 14 nitrogen and oxygen atoms in total. The highest BCUT2D eigenvalue weighted by Gasteiger charge is 2.66. The van der Waals surface area contributed by atoms with E-state index in [0.29, 0.717) is 47.4 Å². The van der Waals surface area contributed by atoms with Gasteiger partial charge in [-0.25, -0.2) is 0 Å². The molecular formula is C42H43N7O7Si. The summed E-state index contributed by atoms with van der Waals surface area (Å²) in [5.74, 6) is 0.0899. The number of aromatic nitrogens is 5. The number of carbonyl (C=O) groups is 1. The zero-order valence-corrected chi connectivity index (χ0v) is 33.1. The van der Waals surface area contributed by atoms with Crippen molar-refractivity contribution >= 4 is 41.3 Å². The van der Waals surface area contributed by atoms with E-state index >= 15 is 4.79 Å². The number of nitro benzene ring substituents is 1. The molecule has 0 radical (unpaired) electrons. The maximum atomic E-state index is 15.3. The van der Waals surface area contributed by atoms with Crippen molar-refractivity contribution in [2.75, 3.05) is 18.6 Å². The van der Waals surface area contributed by atoms with E-state index in [1.165, 1.54) is 22.0 Å². The van der Waals surface area contributed by atoms with Crippen LogP contribution in [0.4, 0.5) is 11.4 Å². The van der Waals surface area contributed by atoms with E-state index in [-0.39, 0.29) is 41.8 Å². The summed E-state index contributed by atoms with van der Waals surface area (Å²) in [6, 6.07) is 27.3. The predicted octanol–water partition coefficient (Wildman–Crippen LogP) is 5.28. The van der Waals surface area contributed by atoms with Crippen molar-refractivity contribution in [1.82, 2.24) is 24.8 Å². The third-order valence-electron chi connectivity index (χ3n) is 11.8. The van der Waals surface area contributed by atoms with Crippen LogP contribution in [0.1, 0.15) is 30.2 Å². The number of non-ortho nitro benzene ring substituents is 1. The summed E-state index contributed by atoms with van der Waals surface area (Å²) in [5.41, 5.74) is 1.12. The molecule has 0 aliphatic carbocycles. The zero-order valence-electron chi connectivity index (χ0n) is 32.1. The lowest BCUT2D eigenvalue weighted by Gasteiger charge is -2.37. The number of hydrogen-bond donors (Lipinski definition) is 1. The molecular weight excluding hydrogens is 743 g/mol. The van der Waals surface area contributed by atoms with Crippen molar-refractivity contribution in [3.8, 4) is 11.4 Å². The van der Waals surface area contributed by atoms with Crippen LogP contribution in [0.2, 0.25) is 18.6 Å². The van der Waals surface area contributed by atoms with Gasteiger partial charge in [0.2, 0.25) is 0 Å². The Morgan fingerprint density at radius 2 is 1.77 bits per heavy atom. The van der Waals surface area contributed by atoms with Gasteiger partial charge in [0.25, 0.3) is 17.2 Å². The SMILES string of the molecule is COc1ccc([Si](C)(C)[C@@H]2[C@@H](CCn3cc(CCO)nn3)O[C@]3(C(=O)N(Cc4ccc(-n5ncc6ccccc6c5=O)cc4)c4ccc([N+](=O)[O-])cc43)[C@H]2C)cc1. The van der Waals surface area contributed by atoms with Crippen molar-refractivity contribution in [2.45, 2.75) is 63.2 Å². The monoisotopic (exact) mass is 785 g/mol. The molecule has 0 saturated carbocycles. The molecule has 1 spiro atoms. The van der Waals surface area contributed by atoms with Crippen LogP contribution in [0.3, 0.4) is 0 Å². The van der Waals surface area contributed by atoms with Gasteiger partial charge in [-0.2, -0.15) is 9.78 Å². The van der Waals surface area contributed by atoms with E-state index in [9.17, 15) is 20.0 Å². The Hall–Kier alpha value is -6.03. The minimum Gasteiger partial charge on any atom is -0.497 e. The molecule has 2 aliphatic heterocycles. The number of hydrogen-bond acceptors (Lipinski definition) is 10. The zero-order chi connectivity index (χ0) is 40.1. The van der Waals surface area contributed by atoms with Gasteiger partial charge < -0.3 is 19.5 Å². The number of anilines is 1. The van der Waals surface area contributed by atoms with Crippen LogP contribution < -0.4 is 20.4 Å². The maximum Gasteiger partial charge on any atom is 0.279 e. The molecule has 57 heavy (non-hydrogen) atoms. The first-order valence-corrected chi connectivity index (χ1v) is 22.0. The summed E-state index contributed by atoms with van der Waals surface area (Å²) < 4.78 is 15.7. The Bertz CT molecular complexity index is 2540. The van der Waals surface area contributed by atoms with Crippen molar-refractivity contribution in [2.24, 2.45) is 5.92 Å². The average Bonchev–Trinajstić information content (AvgIpc) is 3.87. The van der Waals surface area contributed by atoms with Gasteiger partial charge in [0, 0.05) is 54.8 Å². The van der Waals surface area contributed by atoms with E-state index in [2.05, 4.69) is 40.6 Å². The number of amides is 1. The molecule has 4 aromatic carbocycles. The summed E-state index contributed by atoms with van der Waals surface area (Å²) in [6.07, 6.45) is 3.95. The number of carbonyl (C=O) groups excluding carboxylic acids is 1. The highest BCUT2D eigenvalue weighted by molar-refractivity contribution is 6.91. The number of aliphatic hydroxyl groups is 1. The van der Waals surface area contributed by atoms with Gasteiger partial charge in [0.15, 0.2) is 5.60 Å². The highest BCUT2D eigenvalue weighted by Crippen LogP contribution is 2.60. The Labute approximate surface area is 329 Å². The molecule has 8 rings (SSSR count). The second-order valence-electron chi connectivity index (χ2n) is 15.4. The first kappa shape index (κ1) is 37.9. The first-order valence-electron chi connectivity index (χ1n) is 19.0. The lowest BCUT2D eigenvalue weighted by Crippen LogP contribution is -2.51. The van der Waals surface area contributed by atoms with Gasteiger partial charge in [0.05, 0.1) is 61.4 Å². The Balaban J connectivity index is 1.17. The van der Waals surface area contributed by atoms with E-state index in [1.807, 2.05) is 55.6 Å². The van der Waals surface area contributed by atoms with Gasteiger partial charge in [-0.05, 0) is 53.9 Å². The van der Waals surface area contributed by atoms with Gasteiger partial charge in [-0.1, -0.05) is 72.9 Å². The lowest BCUT2D eigenvalue weighted by atomic mass is 9.82. The molecule has 292 valence electrons. The molecule has 2 aromatic heterocycles. The van der Waals surface area contributed by atoms with Crippen LogP contribution in [-0.2, 0) is 34.6 Å². The van der Waals surface area contributed by atoms with Crippen LogP contribution in [-0.4, -0.2) is 68.6 Å². The molecule has 4 heterocycles. The minimum absolute atomic E-state index is 0.0375. The number of fused-ring (bicyclic) bond motifs is 3. The average molecular weight is 786 g/mol. The molecule has 4 atom stereocenters. The quantitative estimate of drug-likeness (QED) is 0.0980. The summed E-state index contributed by atoms with van der Waals surface area (Å²) >= 11 is 0. The number of nitrogens with zero attached hydrogens (tertiary/aromatic N) is 7. The molecule has 0 bridgehead atoms. The topological polar surface area (TPSA) is 168 Å². The largest absolute Gasteiger partial charge is 0.497 e. The minimum atomic E-state index is -2.49. The second kappa shape index (κ2) is 14.8. The Morgan fingerprint density at radius 3 is 2.49 bits per heavy atom. The lowest BCUT2D eigenvalue weighted by molar-refractivity contribution is -0.385. The van der Waals surface area contributed by atoms with Crippen LogP contribution in [0.15, 0.2) is 108 Å². The summed E-state index contributed by atoms with van der Waals surface area (Å²) in [7, 11) is -0.857. The number of aliphatic hydroxyl groups excluding tert-OH is 1. The predicted molar refractivity (Wildman–Crippen MR) is 217 cm³/mol. The van der Waals surface area contributed by atoms with Gasteiger partial charge in [-0.15, -0.1) is 5.10 Å². The van der Waals surface area contributed by atoms with Crippen molar-refractivity contribution < 1.29 is 24.3 Å². The Kier molecular flexibility index (Phi) is 9.83. The standard InChI is InChI=1S/C42H43N7O7Si/c1-27-39(57(3,4)34-16-14-33(55-2)15-17-34)38(19-21-46-26-30(20-22-50)44-45-46)56-42(27)36-23-32(49(53)54)13-18-37(36)47(41(42)52)25-28-9-11-31(12-10-28)48-40(51)35-8-6-5-7-29(35)24-43-48/h5-18,23-24,26-27,38-39,50H,19-22,25H2,1-4H3/t27-,38+,39-,42+/m0/s1. The summed E-state index contributed by atoms with van der Waals surface area (Å²) in [4.78, 5) is 42.0. The molecule has 6 aromatic rings. The first-order chi connectivity index (χ1) is 27.5. The van der Waals surface area contributed by atoms with Crippen LogP contribution >= 0.6 is 0 Å². The normalized spacial score (nSPS) is 20.4. The molecule has 1 fully saturated rings. The molecule has 1 saturated heterocycles. The number of rotatable bonds is 12. The van der Waals surface area contributed by atoms with Gasteiger partial charge in [0.1, 0.15) is 5.75 Å². The van der Waals surface area contributed by atoms with Crippen molar-refractivity contribution in [1.29, 1.82) is 0 Å². The number of aryl methyl sites for hydroxylation is 1. The van der Waals surface area contributed by atoms with E-state index in [4.69, 9.17) is 9.47 Å². The summed E-state index contributed by atoms with van der Waals surface area (Å²) in [6.45, 7) is 7.20. The fourth-order valence-corrected chi connectivity index (χ4v) is 13.0. The fourth-order valence-electron chi connectivity index (χ4n) is 8.98. The third kappa shape index (κ3) is 6.50. The molecule has 1 amide bonds. The number of benzene rings is 4. The third-order valence-corrected chi connectivity index (χ3v) is 16.2. The summed E-state index contributed by atoms with van der Waals surface area (Å²) in [5, 5.41) is 37.0. The van der Waals surface area contributed by atoms with Crippen molar-refractivity contribution in [3.05, 3.63) is 141 Å². The molecule has 0 unspecified atom stereocenters. The van der Waals surface area contributed by atoms with Gasteiger partial charge in [-0.3, -0.25) is 24.4 Å². The molecule has 2 aliphatic rings. The smallest absolute Gasteiger partial charge is 0.279 e. The number of ether oxygens (including phenoxy) is 2. The van der Waals surface area contributed by atoms with Crippen LogP contribution in [0, 0.1) is 16.0 Å². The fraction of sp³-hybridized carbons (Fsp3) is 0.310. The Morgan fingerprint density at radius 1 is 1.02 bits per heavy atom. The van der Waals surface area contributed by atoms with E-state index in [1.54, 1.807) is 47.2 Å². The number of nitro groups is 1. The maximum absolute atomic E-state index is 15.3. The highest BCUT2D eigenvalue weighted by atomic mass is 28.3. The van der Waals surface area contributed by atoms with E-state index in [0.717, 1.165) is 16.7 Å². The van der Waals surface area contributed by atoms with Crippen molar-refractivity contribution in [3.63, 3.8) is 0 Å². The van der Waals surface area contributed by atoms with E-state index < -0.39 is 24.7 Å². The second-order valence-corrected chi connectivity index (χ2v) is 20.0. The molecule has 1 N–H and O–H groups in total. The van der Waals surface area contributed by atoms with Crippen LogP contribution in [0.25, 0.3) is 16.5 Å². The van der Waals surface area contributed by atoms with Gasteiger partial charge >= 0.3 is 0 Å². The number of methoxy groups -OCH3 is 1. The molecule has 15 heteroatoms.